The number of benzene rings is 2. The summed E-state index contributed by atoms with van der Waals surface area (Å²) in [6.45, 7) is 4.66. The molecule has 0 amide bonds. The predicted octanol–water partition coefficient (Wildman–Crippen LogP) is 2.80. The van der Waals surface area contributed by atoms with Gasteiger partial charge in [0.2, 0.25) is 0 Å². The maximum Gasteiger partial charge on any atom is 0.0791 e. The Morgan fingerprint density at radius 2 is 1.54 bits per heavy atom. The van der Waals surface area contributed by atoms with Crippen molar-refractivity contribution in [1.29, 1.82) is 0 Å². The van der Waals surface area contributed by atoms with Gasteiger partial charge in [0.15, 0.2) is 0 Å². The Morgan fingerprint density at radius 3 is 2.23 bits per heavy atom. The van der Waals surface area contributed by atoms with Crippen LogP contribution in [0.3, 0.4) is 0 Å². The van der Waals surface area contributed by atoms with Gasteiger partial charge < -0.3 is 0 Å². The SMILES string of the molecule is C[Si](C)c1ccc2ccccc2c1. The van der Waals surface area contributed by atoms with Gasteiger partial charge in [-0.1, -0.05) is 60.7 Å². The fourth-order valence-electron chi connectivity index (χ4n) is 1.50. The van der Waals surface area contributed by atoms with Crippen LogP contribution in [0.5, 0.6) is 0 Å². The highest BCUT2D eigenvalue weighted by Crippen LogP contribution is 2.11. The van der Waals surface area contributed by atoms with E-state index in [1.54, 1.807) is 0 Å². The summed E-state index contributed by atoms with van der Waals surface area (Å²) in [5, 5.41) is 4.23. The molecule has 0 unspecified atom stereocenters. The van der Waals surface area contributed by atoms with Gasteiger partial charge in [0.05, 0.1) is 8.80 Å². The van der Waals surface area contributed by atoms with Crippen LogP contribution in [0.2, 0.25) is 13.1 Å². The minimum atomic E-state index is -0.303. The third-order valence-electron chi connectivity index (χ3n) is 2.33. The van der Waals surface area contributed by atoms with E-state index >= 15 is 0 Å². The lowest BCUT2D eigenvalue weighted by molar-refractivity contribution is 1.76. The molecule has 0 aliphatic carbocycles. The standard InChI is InChI=1S/C12H13Si/c1-13(2)12-8-7-10-5-3-4-6-11(10)9-12/h3-9H,1-2H3. The molecule has 0 aliphatic rings. The molecule has 0 fully saturated rings. The van der Waals surface area contributed by atoms with Crippen molar-refractivity contribution in [3.05, 3.63) is 42.5 Å². The molecule has 65 valence electrons. The molecule has 0 spiro atoms. The van der Waals surface area contributed by atoms with Crippen molar-refractivity contribution in [2.75, 3.05) is 0 Å². The fraction of sp³-hybridized carbons (Fsp3) is 0.167. The summed E-state index contributed by atoms with van der Waals surface area (Å²) >= 11 is 0. The van der Waals surface area contributed by atoms with Gasteiger partial charge in [0.25, 0.3) is 0 Å². The Balaban J connectivity index is 2.62. The van der Waals surface area contributed by atoms with Crippen LogP contribution in [0.25, 0.3) is 10.8 Å². The Morgan fingerprint density at radius 1 is 0.846 bits per heavy atom. The van der Waals surface area contributed by atoms with E-state index in [0.717, 1.165) is 0 Å². The van der Waals surface area contributed by atoms with E-state index in [0.29, 0.717) is 0 Å². The second kappa shape index (κ2) is 3.34. The van der Waals surface area contributed by atoms with Crippen molar-refractivity contribution in [2.24, 2.45) is 0 Å². The van der Waals surface area contributed by atoms with Crippen molar-refractivity contribution in [1.82, 2.24) is 0 Å². The molecule has 2 rings (SSSR count). The molecule has 0 heterocycles. The number of hydrogen-bond acceptors (Lipinski definition) is 0. The quantitative estimate of drug-likeness (QED) is 0.599. The average molecular weight is 185 g/mol. The molecule has 1 radical (unpaired) electrons. The first kappa shape index (κ1) is 8.51. The first-order chi connectivity index (χ1) is 6.27. The second-order valence-electron chi connectivity index (χ2n) is 3.56. The summed E-state index contributed by atoms with van der Waals surface area (Å²) in [6.07, 6.45) is 0. The molecule has 0 atom stereocenters. The number of fused-ring (bicyclic) bond motifs is 1. The summed E-state index contributed by atoms with van der Waals surface area (Å²) in [5.74, 6) is 0. The second-order valence-corrected chi connectivity index (χ2v) is 6.14. The normalized spacial score (nSPS) is 11.0. The van der Waals surface area contributed by atoms with Crippen molar-refractivity contribution in [2.45, 2.75) is 13.1 Å². The maximum absolute atomic E-state index is 2.33. The van der Waals surface area contributed by atoms with Gasteiger partial charge in [-0.15, -0.1) is 0 Å². The molecule has 0 aromatic heterocycles. The monoisotopic (exact) mass is 185 g/mol. The van der Waals surface area contributed by atoms with E-state index in [1.807, 2.05) is 0 Å². The maximum atomic E-state index is 2.33. The Hall–Kier alpha value is -1.08. The molecule has 0 saturated heterocycles. The highest BCUT2D eigenvalue weighted by molar-refractivity contribution is 6.70. The zero-order chi connectivity index (χ0) is 9.26. The van der Waals surface area contributed by atoms with E-state index in [4.69, 9.17) is 0 Å². The zero-order valence-corrected chi connectivity index (χ0v) is 9.04. The van der Waals surface area contributed by atoms with Crippen LogP contribution in [0.4, 0.5) is 0 Å². The topological polar surface area (TPSA) is 0 Å². The number of rotatable bonds is 1. The van der Waals surface area contributed by atoms with Crippen molar-refractivity contribution < 1.29 is 0 Å². The van der Waals surface area contributed by atoms with Gasteiger partial charge in [-0.05, 0) is 10.8 Å². The minimum Gasteiger partial charge on any atom is -0.0671 e. The first-order valence-corrected chi connectivity index (χ1v) is 7.07. The van der Waals surface area contributed by atoms with Gasteiger partial charge in [-0.25, -0.2) is 0 Å². The highest BCUT2D eigenvalue weighted by Gasteiger charge is 2.00. The van der Waals surface area contributed by atoms with Gasteiger partial charge >= 0.3 is 0 Å². The van der Waals surface area contributed by atoms with Crippen molar-refractivity contribution >= 4 is 24.8 Å². The van der Waals surface area contributed by atoms with Gasteiger partial charge in [-0.3, -0.25) is 0 Å². The molecule has 2 aromatic rings. The Bertz CT molecular complexity index is 418. The summed E-state index contributed by atoms with van der Waals surface area (Å²) in [7, 11) is -0.303. The van der Waals surface area contributed by atoms with Crippen LogP contribution in [-0.4, -0.2) is 8.80 Å². The zero-order valence-electron chi connectivity index (χ0n) is 8.04. The third kappa shape index (κ3) is 1.65. The molecule has 0 aliphatic heterocycles. The predicted molar refractivity (Wildman–Crippen MR) is 61.1 cm³/mol. The Labute approximate surface area is 80.8 Å². The lowest BCUT2D eigenvalue weighted by atomic mass is 10.1. The third-order valence-corrected chi connectivity index (χ3v) is 3.79. The lowest BCUT2D eigenvalue weighted by Gasteiger charge is -2.04. The number of hydrogen-bond donors (Lipinski definition) is 0. The molecule has 0 saturated carbocycles. The molecular weight excluding hydrogens is 172 g/mol. The van der Waals surface area contributed by atoms with Crippen LogP contribution >= 0.6 is 0 Å². The van der Waals surface area contributed by atoms with Crippen LogP contribution < -0.4 is 5.19 Å². The average Bonchev–Trinajstić information content (AvgIpc) is 2.17. The molecule has 2 aromatic carbocycles. The van der Waals surface area contributed by atoms with E-state index in [2.05, 4.69) is 55.6 Å². The fourth-order valence-corrected chi connectivity index (χ4v) is 2.36. The lowest BCUT2D eigenvalue weighted by Crippen LogP contribution is -2.21. The van der Waals surface area contributed by atoms with Gasteiger partial charge in [0.1, 0.15) is 0 Å². The summed E-state index contributed by atoms with van der Waals surface area (Å²) in [5.41, 5.74) is 0. The first-order valence-electron chi connectivity index (χ1n) is 4.57. The van der Waals surface area contributed by atoms with Crippen LogP contribution in [0.15, 0.2) is 42.5 Å². The molecule has 13 heavy (non-hydrogen) atoms. The summed E-state index contributed by atoms with van der Waals surface area (Å²) < 4.78 is 0. The molecule has 1 heteroatoms. The Kier molecular flexibility index (Phi) is 2.19. The van der Waals surface area contributed by atoms with Gasteiger partial charge in [-0.2, -0.15) is 0 Å². The van der Waals surface area contributed by atoms with E-state index in [9.17, 15) is 0 Å². The molecule has 0 N–H and O–H groups in total. The highest BCUT2D eigenvalue weighted by atomic mass is 28.3. The van der Waals surface area contributed by atoms with Gasteiger partial charge in [0, 0.05) is 0 Å². The van der Waals surface area contributed by atoms with Crippen LogP contribution in [-0.2, 0) is 0 Å². The molecule has 0 nitrogen and oxygen atoms in total. The van der Waals surface area contributed by atoms with Crippen LogP contribution in [0.1, 0.15) is 0 Å². The van der Waals surface area contributed by atoms with Crippen molar-refractivity contribution in [3.63, 3.8) is 0 Å². The van der Waals surface area contributed by atoms with E-state index in [-0.39, 0.29) is 8.80 Å². The molecular formula is C12H13Si. The van der Waals surface area contributed by atoms with E-state index in [1.165, 1.54) is 16.0 Å². The largest absolute Gasteiger partial charge is 0.0791 e. The smallest absolute Gasteiger partial charge is 0.0671 e. The van der Waals surface area contributed by atoms with Crippen molar-refractivity contribution in [3.8, 4) is 0 Å². The molecule has 0 bridgehead atoms. The van der Waals surface area contributed by atoms with E-state index < -0.39 is 0 Å². The minimum absolute atomic E-state index is 0.303. The van der Waals surface area contributed by atoms with Crippen LogP contribution in [0, 0.1) is 0 Å². The summed E-state index contributed by atoms with van der Waals surface area (Å²) in [6, 6.07) is 15.3. The summed E-state index contributed by atoms with van der Waals surface area (Å²) in [4.78, 5) is 0.